The average molecular weight is 519 g/mol. The smallest absolute Gasteiger partial charge is 0.410 e. The number of allylic oxidation sites excluding steroid dienone is 3. The fraction of sp³-hybridized carbons (Fsp3) is 0.450. The van der Waals surface area contributed by atoms with E-state index in [4.69, 9.17) is 16.3 Å². The molecule has 2 aliphatic rings. The molecule has 1 amide bonds. The van der Waals surface area contributed by atoms with Crippen LogP contribution in [-0.2, 0) is 9.53 Å². The number of ether oxygens (including phenoxy) is 1. The van der Waals surface area contributed by atoms with E-state index in [0.717, 1.165) is 5.70 Å². The summed E-state index contributed by atoms with van der Waals surface area (Å²) in [7, 11) is 0. The summed E-state index contributed by atoms with van der Waals surface area (Å²) in [5.74, 6) is 1.69. The number of carbonyl (C=O) groups is 1. The van der Waals surface area contributed by atoms with E-state index in [1.807, 2.05) is 31.6 Å². The minimum atomic E-state index is -0.565. The van der Waals surface area contributed by atoms with Gasteiger partial charge < -0.3 is 14.5 Å². The minimum Gasteiger partial charge on any atom is -0.444 e. The van der Waals surface area contributed by atoms with Gasteiger partial charge in [-0.05, 0) is 68.0 Å². The summed E-state index contributed by atoms with van der Waals surface area (Å²) in [4.78, 5) is 27.7. The number of likely N-dealkylation sites (tertiary alicyclic amines) is 1. The summed E-state index contributed by atoms with van der Waals surface area (Å²) in [6.07, 6.45) is 0.353. The average Bonchev–Trinajstić information content (AvgIpc) is 3.09. The van der Waals surface area contributed by atoms with Gasteiger partial charge in [0.25, 0.3) is 0 Å². The molecule has 3 rings (SSSR count). The number of halogens is 3. The fourth-order valence-electron chi connectivity index (χ4n) is 3.52. The van der Waals surface area contributed by atoms with Gasteiger partial charge >= 0.3 is 6.09 Å². The summed E-state index contributed by atoms with van der Waals surface area (Å²) >= 11 is 8.28. The lowest BCUT2D eigenvalue weighted by Gasteiger charge is -2.38. The molecular formula is C20H21ClFIN2O3. The van der Waals surface area contributed by atoms with Crippen LogP contribution in [0, 0.1) is 5.82 Å². The Bertz CT molecular complexity index is 890. The summed E-state index contributed by atoms with van der Waals surface area (Å²) in [6, 6.07) is 4.29. The van der Waals surface area contributed by atoms with Gasteiger partial charge in [0, 0.05) is 24.4 Å². The largest absolute Gasteiger partial charge is 0.444 e. The van der Waals surface area contributed by atoms with E-state index in [-0.39, 0.29) is 18.0 Å². The van der Waals surface area contributed by atoms with E-state index < -0.39 is 11.4 Å². The topological polar surface area (TPSA) is 49.9 Å². The minimum absolute atomic E-state index is 0.0524. The predicted molar refractivity (Wildman–Crippen MR) is 116 cm³/mol. The number of anilines is 1. The highest BCUT2D eigenvalue weighted by atomic mass is 127. The van der Waals surface area contributed by atoms with Crippen molar-refractivity contribution in [2.24, 2.45) is 0 Å². The van der Waals surface area contributed by atoms with Gasteiger partial charge in [-0.25, -0.2) is 14.0 Å². The zero-order valence-electron chi connectivity index (χ0n) is 15.9. The number of benzene rings is 1. The second kappa shape index (κ2) is 8.05. The summed E-state index contributed by atoms with van der Waals surface area (Å²) in [5.41, 5.74) is 1.69. The summed E-state index contributed by atoms with van der Waals surface area (Å²) < 4.78 is 20.0. The fourth-order valence-corrected chi connectivity index (χ4v) is 4.86. The highest BCUT2D eigenvalue weighted by molar-refractivity contribution is 14.1. The van der Waals surface area contributed by atoms with E-state index in [9.17, 15) is 14.0 Å². The zero-order chi connectivity index (χ0) is 20.6. The number of nitrogens with zero attached hydrogens (tertiary/aromatic N) is 2. The molecule has 0 aliphatic carbocycles. The molecule has 0 radical (unpaired) electrons. The maximum atomic E-state index is 13.9. The molecule has 8 heteroatoms. The Morgan fingerprint density at radius 2 is 2.14 bits per heavy atom. The van der Waals surface area contributed by atoms with E-state index >= 15 is 0 Å². The maximum absolute atomic E-state index is 13.9. The molecule has 5 nitrogen and oxygen atoms in total. The molecule has 0 saturated carbocycles. The number of fused-ring (bicyclic) bond motifs is 1. The van der Waals surface area contributed by atoms with Crippen LogP contribution in [0.3, 0.4) is 0 Å². The van der Waals surface area contributed by atoms with Crippen molar-refractivity contribution in [3.63, 3.8) is 0 Å². The second-order valence-electron chi connectivity index (χ2n) is 7.77. The van der Waals surface area contributed by atoms with Gasteiger partial charge in [0.1, 0.15) is 17.4 Å². The van der Waals surface area contributed by atoms with Crippen molar-refractivity contribution in [2.75, 3.05) is 23.9 Å². The van der Waals surface area contributed by atoms with E-state index in [2.05, 4.69) is 22.6 Å². The summed E-state index contributed by atoms with van der Waals surface area (Å²) in [5, 5.41) is 0. The molecule has 0 unspecified atom stereocenters. The molecule has 0 N–H and O–H groups in total. The van der Waals surface area contributed by atoms with Gasteiger partial charge in [-0.2, -0.15) is 0 Å². The molecule has 28 heavy (non-hydrogen) atoms. The van der Waals surface area contributed by atoms with Crippen molar-refractivity contribution in [1.29, 1.82) is 0 Å². The SMILES string of the molecule is CC(C)(C)OC(=O)N1CC[C@@H](N2C(CCl)=C(I)C(=C=O)c3cc(F)ccc32)C1. The Labute approximate surface area is 182 Å². The second-order valence-corrected chi connectivity index (χ2v) is 9.12. The van der Waals surface area contributed by atoms with Gasteiger partial charge in [-0.15, -0.1) is 11.6 Å². The van der Waals surface area contributed by atoms with E-state index in [1.165, 1.54) is 12.1 Å². The Morgan fingerprint density at radius 3 is 2.75 bits per heavy atom. The van der Waals surface area contributed by atoms with Gasteiger partial charge in [-0.3, -0.25) is 0 Å². The normalized spacial score (nSPS) is 19.6. The van der Waals surface area contributed by atoms with Crippen molar-refractivity contribution in [1.82, 2.24) is 4.90 Å². The Kier molecular flexibility index (Phi) is 6.08. The van der Waals surface area contributed by atoms with Crippen LogP contribution in [0.5, 0.6) is 0 Å². The first kappa shape index (κ1) is 21.1. The lowest BCUT2D eigenvalue weighted by molar-refractivity contribution is 0.0292. The van der Waals surface area contributed by atoms with Gasteiger partial charge in [0.2, 0.25) is 0 Å². The molecule has 2 aliphatic heterocycles. The van der Waals surface area contributed by atoms with Crippen molar-refractivity contribution < 1.29 is 18.7 Å². The zero-order valence-corrected chi connectivity index (χ0v) is 18.8. The van der Waals surface area contributed by atoms with E-state index in [0.29, 0.717) is 39.9 Å². The Hall–Kier alpha value is -1.57. The third-order valence-electron chi connectivity index (χ3n) is 4.66. The van der Waals surface area contributed by atoms with Crippen molar-refractivity contribution >= 4 is 57.5 Å². The molecule has 0 aromatic heterocycles. The molecule has 1 aromatic rings. The highest BCUT2D eigenvalue weighted by Crippen LogP contribution is 2.44. The van der Waals surface area contributed by atoms with Crippen LogP contribution in [0.25, 0.3) is 5.57 Å². The van der Waals surface area contributed by atoms with Gasteiger partial charge in [0.15, 0.2) is 0 Å². The van der Waals surface area contributed by atoms with Crippen LogP contribution in [0.1, 0.15) is 32.8 Å². The van der Waals surface area contributed by atoms with Crippen LogP contribution >= 0.6 is 34.2 Å². The molecule has 2 heterocycles. The van der Waals surface area contributed by atoms with Crippen LogP contribution in [0.4, 0.5) is 14.9 Å². The number of hydrogen-bond donors (Lipinski definition) is 0. The monoisotopic (exact) mass is 518 g/mol. The highest BCUT2D eigenvalue weighted by Gasteiger charge is 2.38. The van der Waals surface area contributed by atoms with Crippen LogP contribution < -0.4 is 4.90 Å². The Balaban J connectivity index is 1.96. The lowest BCUT2D eigenvalue weighted by Crippen LogP contribution is -2.42. The quantitative estimate of drug-likeness (QED) is 0.322. The third-order valence-corrected chi connectivity index (χ3v) is 6.08. The van der Waals surface area contributed by atoms with Crippen LogP contribution in [0.2, 0.25) is 0 Å². The lowest BCUT2D eigenvalue weighted by atomic mass is 9.96. The molecule has 1 aromatic carbocycles. The van der Waals surface area contributed by atoms with E-state index in [1.54, 1.807) is 11.0 Å². The molecule has 1 atom stereocenters. The molecule has 1 saturated heterocycles. The molecule has 1 fully saturated rings. The van der Waals surface area contributed by atoms with Crippen LogP contribution in [0.15, 0.2) is 27.5 Å². The maximum Gasteiger partial charge on any atom is 0.410 e. The number of amides is 1. The van der Waals surface area contributed by atoms with Crippen molar-refractivity contribution in [3.8, 4) is 0 Å². The number of hydrogen-bond acceptors (Lipinski definition) is 4. The number of alkyl halides is 1. The molecular weight excluding hydrogens is 498 g/mol. The van der Waals surface area contributed by atoms with Gasteiger partial charge in [-0.1, -0.05) is 0 Å². The number of rotatable bonds is 2. The van der Waals surface area contributed by atoms with Crippen molar-refractivity contribution in [3.05, 3.63) is 38.9 Å². The standard InChI is InChI=1S/C20H21ClFIN2O3/c1-20(2,3)28-19(27)24-7-6-13(10-24)25-16-5-4-12(22)8-14(16)15(11-26)18(23)17(25)9-21/h4-5,8,13H,6-7,9-10H2,1-3H3/t13-/m1/s1. The van der Waals surface area contributed by atoms with Crippen LogP contribution in [-0.4, -0.2) is 47.5 Å². The van der Waals surface area contributed by atoms with Gasteiger partial charge in [0.05, 0.1) is 26.8 Å². The molecule has 150 valence electrons. The van der Waals surface area contributed by atoms with Crippen molar-refractivity contribution in [2.45, 2.75) is 38.8 Å². The Morgan fingerprint density at radius 1 is 1.43 bits per heavy atom. The summed E-state index contributed by atoms with van der Waals surface area (Å²) in [6.45, 7) is 6.50. The molecule has 0 spiro atoms. The first-order valence-electron chi connectivity index (χ1n) is 8.93. The first-order valence-corrected chi connectivity index (χ1v) is 10.5. The third kappa shape index (κ3) is 4.07. The first-order chi connectivity index (χ1) is 13.2. The number of carbonyl (C=O) groups excluding carboxylic acids is 2. The molecule has 0 bridgehead atoms. The predicted octanol–water partition coefficient (Wildman–Crippen LogP) is 4.76.